The first kappa shape index (κ1) is 14.2. The molecule has 3 N–H and O–H groups in total. The number of aliphatic hydroxyl groups is 1. The average Bonchev–Trinajstić information content (AvgIpc) is 2.95. The van der Waals surface area contributed by atoms with Gasteiger partial charge >= 0.3 is 0 Å². The zero-order chi connectivity index (χ0) is 14.4. The number of hydrogen-bond donors (Lipinski definition) is 3. The van der Waals surface area contributed by atoms with E-state index in [2.05, 4.69) is 22.1 Å². The molecule has 0 saturated carbocycles. The molecule has 0 aliphatic carbocycles. The molecule has 0 saturated heterocycles. The largest absolute Gasteiger partial charge is 0.395 e. The quantitative estimate of drug-likeness (QED) is 0.760. The fourth-order valence-electron chi connectivity index (χ4n) is 1.60. The highest BCUT2D eigenvalue weighted by Crippen LogP contribution is 2.21. The molecule has 2 rings (SSSR count). The number of amides is 1. The Morgan fingerprint density at radius 2 is 2.25 bits per heavy atom. The number of benzene rings is 1. The summed E-state index contributed by atoms with van der Waals surface area (Å²) in [5, 5.41) is 12.0. The number of carbonyl (C=O) groups excluding carboxylic acids is 1. The second-order valence-electron chi connectivity index (χ2n) is 4.00. The van der Waals surface area contributed by atoms with Gasteiger partial charge in [0.2, 0.25) is 0 Å². The molecule has 5 heteroatoms. The molecule has 0 aliphatic rings. The van der Waals surface area contributed by atoms with E-state index < -0.39 is 0 Å². The van der Waals surface area contributed by atoms with Gasteiger partial charge in [-0.2, -0.15) is 0 Å². The molecule has 0 atom stereocenters. The smallest absolute Gasteiger partial charge is 0.272 e. The van der Waals surface area contributed by atoms with Crippen LogP contribution < -0.4 is 5.32 Å². The van der Waals surface area contributed by atoms with Gasteiger partial charge in [0.05, 0.1) is 12.3 Å². The van der Waals surface area contributed by atoms with E-state index in [0.29, 0.717) is 28.4 Å². The van der Waals surface area contributed by atoms with Crippen LogP contribution in [0, 0.1) is 11.8 Å². The third-order valence-electron chi connectivity index (χ3n) is 2.53. The summed E-state index contributed by atoms with van der Waals surface area (Å²) in [6, 6.07) is 8.50. The number of hydrogen-bond acceptors (Lipinski definition) is 2. The van der Waals surface area contributed by atoms with Gasteiger partial charge < -0.3 is 15.4 Å². The van der Waals surface area contributed by atoms with Crippen molar-refractivity contribution in [3.05, 3.63) is 52.8 Å². The molecule has 1 heterocycles. The van der Waals surface area contributed by atoms with Gasteiger partial charge in [-0.1, -0.05) is 23.4 Å². The Morgan fingerprint density at radius 3 is 2.95 bits per heavy atom. The monoisotopic (exact) mass is 288 g/mol. The highest BCUT2D eigenvalue weighted by atomic mass is 35.5. The second kappa shape index (κ2) is 6.80. The Hall–Kier alpha value is -2.22. The van der Waals surface area contributed by atoms with Crippen LogP contribution in [0.4, 0.5) is 5.69 Å². The average molecular weight is 289 g/mol. The maximum absolute atomic E-state index is 12.0. The molecule has 1 aromatic heterocycles. The number of aromatic amines is 1. The third-order valence-corrected chi connectivity index (χ3v) is 2.77. The Balaban J connectivity index is 2.24. The number of aromatic nitrogens is 1. The normalized spacial score (nSPS) is 9.70. The molecule has 0 unspecified atom stereocenters. The van der Waals surface area contributed by atoms with Crippen LogP contribution in [0.3, 0.4) is 0 Å². The molecule has 2 aromatic rings. The van der Waals surface area contributed by atoms with Crippen LogP contribution in [0.1, 0.15) is 22.5 Å². The van der Waals surface area contributed by atoms with E-state index in [0.717, 1.165) is 0 Å². The lowest BCUT2D eigenvalue weighted by molar-refractivity contribution is 0.102. The zero-order valence-corrected chi connectivity index (χ0v) is 11.4. The lowest BCUT2D eigenvalue weighted by atomic mass is 10.1. The molecule has 0 fully saturated rings. The van der Waals surface area contributed by atoms with Crippen molar-refractivity contribution in [2.45, 2.75) is 6.42 Å². The topological polar surface area (TPSA) is 65.1 Å². The molecule has 4 nitrogen and oxygen atoms in total. The molecule has 1 amide bonds. The molecule has 0 spiro atoms. The minimum absolute atomic E-state index is 0.00472. The van der Waals surface area contributed by atoms with Crippen LogP contribution in [-0.2, 0) is 0 Å². The minimum atomic E-state index is -0.262. The standard InChI is InChI=1S/C15H13ClN2O2/c16-12-7-6-11(4-1-2-9-19)14(10-12)18-15(20)13-5-3-8-17-13/h3,5-8,10,17,19H,2,9H2,(H,18,20). The van der Waals surface area contributed by atoms with Crippen molar-refractivity contribution in [2.24, 2.45) is 0 Å². The van der Waals surface area contributed by atoms with Gasteiger partial charge in [-0.25, -0.2) is 0 Å². The van der Waals surface area contributed by atoms with E-state index in [9.17, 15) is 4.79 Å². The highest BCUT2D eigenvalue weighted by Gasteiger charge is 2.09. The number of H-pyrrole nitrogens is 1. The predicted octanol–water partition coefficient (Wildman–Crippen LogP) is 2.65. The van der Waals surface area contributed by atoms with E-state index in [1.807, 2.05) is 0 Å². The van der Waals surface area contributed by atoms with E-state index in [4.69, 9.17) is 16.7 Å². The summed E-state index contributed by atoms with van der Waals surface area (Å²) in [4.78, 5) is 14.8. The zero-order valence-electron chi connectivity index (χ0n) is 10.6. The van der Waals surface area contributed by atoms with E-state index in [1.165, 1.54) is 0 Å². The van der Waals surface area contributed by atoms with E-state index in [1.54, 1.807) is 36.5 Å². The van der Waals surface area contributed by atoms with Gasteiger partial charge in [0.1, 0.15) is 5.69 Å². The molecular formula is C15H13ClN2O2. The number of rotatable bonds is 3. The molecular weight excluding hydrogens is 276 g/mol. The fourth-order valence-corrected chi connectivity index (χ4v) is 1.78. The number of anilines is 1. The summed E-state index contributed by atoms with van der Waals surface area (Å²) >= 11 is 5.94. The summed E-state index contributed by atoms with van der Waals surface area (Å²) in [7, 11) is 0. The van der Waals surface area contributed by atoms with Crippen LogP contribution in [0.25, 0.3) is 0 Å². The van der Waals surface area contributed by atoms with Crippen molar-refractivity contribution in [3.63, 3.8) is 0 Å². The Kier molecular flexibility index (Phi) is 4.83. The van der Waals surface area contributed by atoms with Crippen molar-refractivity contribution in [1.29, 1.82) is 0 Å². The van der Waals surface area contributed by atoms with Crippen LogP contribution in [-0.4, -0.2) is 22.6 Å². The second-order valence-corrected chi connectivity index (χ2v) is 4.44. The van der Waals surface area contributed by atoms with Crippen molar-refractivity contribution >= 4 is 23.2 Å². The number of carbonyl (C=O) groups is 1. The first-order valence-corrected chi connectivity index (χ1v) is 6.42. The number of nitrogens with one attached hydrogen (secondary N) is 2. The number of halogens is 1. The molecule has 0 bridgehead atoms. The van der Waals surface area contributed by atoms with Crippen molar-refractivity contribution in [2.75, 3.05) is 11.9 Å². The third kappa shape index (κ3) is 3.64. The van der Waals surface area contributed by atoms with Crippen LogP contribution in [0.5, 0.6) is 0 Å². The van der Waals surface area contributed by atoms with E-state index >= 15 is 0 Å². The predicted molar refractivity (Wildman–Crippen MR) is 78.8 cm³/mol. The van der Waals surface area contributed by atoms with Crippen molar-refractivity contribution in [1.82, 2.24) is 4.98 Å². The van der Waals surface area contributed by atoms with Gasteiger partial charge in [-0.15, -0.1) is 0 Å². The lowest BCUT2D eigenvalue weighted by Crippen LogP contribution is -2.13. The molecule has 0 radical (unpaired) electrons. The first-order valence-electron chi connectivity index (χ1n) is 6.04. The minimum Gasteiger partial charge on any atom is -0.395 e. The summed E-state index contributed by atoms with van der Waals surface area (Å²) in [5.74, 6) is 5.45. The van der Waals surface area contributed by atoms with Crippen molar-refractivity contribution in [3.8, 4) is 11.8 Å². The Bertz CT molecular complexity index is 654. The van der Waals surface area contributed by atoms with Crippen LogP contribution in [0.15, 0.2) is 36.5 Å². The summed E-state index contributed by atoms with van der Waals surface area (Å²) < 4.78 is 0. The Morgan fingerprint density at radius 1 is 1.40 bits per heavy atom. The fraction of sp³-hybridized carbons (Fsp3) is 0.133. The summed E-state index contributed by atoms with van der Waals surface area (Å²) in [5.41, 5.74) is 1.66. The molecule has 0 aliphatic heterocycles. The number of aliphatic hydroxyl groups excluding tert-OH is 1. The highest BCUT2D eigenvalue weighted by molar-refractivity contribution is 6.31. The van der Waals surface area contributed by atoms with Crippen LogP contribution >= 0.6 is 11.6 Å². The van der Waals surface area contributed by atoms with Gasteiger partial charge in [0.15, 0.2) is 0 Å². The van der Waals surface area contributed by atoms with Crippen molar-refractivity contribution < 1.29 is 9.90 Å². The lowest BCUT2D eigenvalue weighted by Gasteiger charge is -2.07. The molecule has 20 heavy (non-hydrogen) atoms. The SMILES string of the molecule is O=C(Nc1cc(Cl)ccc1C#CCCO)c1ccc[nH]1. The maximum Gasteiger partial charge on any atom is 0.272 e. The molecule has 1 aromatic carbocycles. The Labute approximate surface area is 121 Å². The van der Waals surface area contributed by atoms with Gasteiger partial charge in [0, 0.05) is 23.2 Å². The summed E-state index contributed by atoms with van der Waals surface area (Å²) in [6.07, 6.45) is 2.06. The van der Waals surface area contributed by atoms with Gasteiger partial charge in [-0.3, -0.25) is 4.79 Å². The van der Waals surface area contributed by atoms with E-state index in [-0.39, 0.29) is 12.5 Å². The van der Waals surface area contributed by atoms with Gasteiger partial charge in [-0.05, 0) is 30.3 Å². The van der Waals surface area contributed by atoms with Gasteiger partial charge in [0.25, 0.3) is 5.91 Å². The maximum atomic E-state index is 12.0. The van der Waals surface area contributed by atoms with Crippen LogP contribution in [0.2, 0.25) is 5.02 Å². The molecule has 102 valence electrons. The first-order chi connectivity index (χ1) is 9.70. The summed E-state index contributed by atoms with van der Waals surface area (Å²) in [6.45, 7) is 0.00472.